The van der Waals surface area contributed by atoms with Gasteiger partial charge in [-0.15, -0.1) is 0 Å². The molecular formula is C22H18O7. The summed E-state index contributed by atoms with van der Waals surface area (Å²) < 4.78 is 20.7. The van der Waals surface area contributed by atoms with Crippen LogP contribution >= 0.6 is 0 Å². The first-order valence-corrected chi connectivity index (χ1v) is 8.53. The van der Waals surface area contributed by atoms with Gasteiger partial charge in [0.25, 0.3) is 0 Å². The number of aldehydes is 1. The second-order valence-electron chi connectivity index (χ2n) is 5.83. The van der Waals surface area contributed by atoms with Crippen LogP contribution in [0.15, 0.2) is 63.8 Å². The molecule has 0 amide bonds. The van der Waals surface area contributed by atoms with Gasteiger partial charge in [-0.05, 0) is 42.0 Å². The molecule has 0 fully saturated rings. The molecule has 0 saturated heterocycles. The molecule has 7 nitrogen and oxygen atoms in total. The largest absolute Gasteiger partial charge is 0.493 e. The minimum Gasteiger partial charge on any atom is -0.493 e. The van der Waals surface area contributed by atoms with Crippen molar-refractivity contribution < 1.29 is 33.0 Å². The zero-order valence-corrected chi connectivity index (χ0v) is 15.7. The van der Waals surface area contributed by atoms with E-state index in [2.05, 4.69) is 0 Å². The predicted molar refractivity (Wildman–Crippen MR) is 108 cm³/mol. The summed E-state index contributed by atoms with van der Waals surface area (Å²) in [5.41, 5.74) is 2.64. The molecule has 4 rings (SSSR count). The van der Waals surface area contributed by atoms with Crippen LogP contribution in [0.4, 0.5) is 0 Å². The third-order valence-electron chi connectivity index (χ3n) is 4.20. The molecule has 0 atom stereocenters. The highest BCUT2D eigenvalue weighted by Gasteiger charge is 2.08. The minimum absolute atomic E-state index is 0.615. The second kappa shape index (κ2) is 8.79. The van der Waals surface area contributed by atoms with Crippen molar-refractivity contribution in [3.63, 3.8) is 0 Å². The molecule has 2 heterocycles. The molecule has 4 aromatic rings. The van der Waals surface area contributed by atoms with Crippen molar-refractivity contribution in [3.8, 4) is 11.5 Å². The first-order chi connectivity index (χ1) is 14.1. The summed E-state index contributed by atoms with van der Waals surface area (Å²) in [6.45, 7) is 0. The van der Waals surface area contributed by atoms with Crippen molar-refractivity contribution in [3.05, 3.63) is 66.1 Å². The smallest absolute Gasteiger partial charge is 0.328 e. The number of carboxylic acid groups (broad SMARTS) is 1. The highest BCUT2D eigenvalue weighted by molar-refractivity contribution is 5.98. The Morgan fingerprint density at radius 2 is 1.38 bits per heavy atom. The van der Waals surface area contributed by atoms with Gasteiger partial charge in [-0.25, -0.2) is 4.79 Å². The minimum atomic E-state index is -0.979. The number of hydrogen-bond acceptors (Lipinski definition) is 6. The van der Waals surface area contributed by atoms with Gasteiger partial charge in [0.1, 0.15) is 0 Å². The van der Waals surface area contributed by atoms with Crippen LogP contribution in [0.3, 0.4) is 0 Å². The number of carbonyl (C=O) groups excluding carboxylic acids is 1. The number of carbonyl (C=O) groups is 2. The van der Waals surface area contributed by atoms with Crippen molar-refractivity contribution in [1.29, 1.82) is 0 Å². The summed E-state index contributed by atoms with van der Waals surface area (Å²) in [7, 11) is 3.13. The van der Waals surface area contributed by atoms with E-state index in [1.54, 1.807) is 63.1 Å². The lowest BCUT2D eigenvalue weighted by atomic mass is 10.1. The Morgan fingerprint density at radius 3 is 1.86 bits per heavy atom. The van der Waals surface area contributed by atoms with Crippen molar-refractivity contribution in [2.75, 3.05) is 14.2 Å². The predicted octanol–water partition coefficient (Wildman–Crippen LogP) is 4.79. The molecule has 0 radical (unpaired) electrons. The van der Waals surface area contributed by atoms with Crippen LogP contribution in [0, 0.1) is 0 Å². The number of benzene rings is 2. The Balaban J connectivity index is 0.000000169. The van der Waals surface area contributed by atoms with Gasteiger partial charge < -0.3 is 23.4 Å². The van der Waals surface area contributed by atoms with Gasteiger partial charge in [-0.1, -0.05) is 6.07 Å². The molecule has 29 heavy (non-hydrogen) atoms. The normalized spacial score (nSPS) is 10.7. The number of hydrogen-bond donors (Lipinski definition) is 1. The lowest BCUT2D eigenvalue weighted by Gasteiger charge is -2.02. The van der Waals surface area contributed by atoms with E-state index in [4.69, 9.17) is 23.4 Å². The van der Waals surface area contributed by atoms with Gasteiger partial charge in [0.2, 0.25) is 0 Å². The Kier molecular flexibility index (Phi) is 5.99. The maximum Gasteiger partial charge on any atom is 0.328 e. The number of carboxylic acids is 1. The molecule has 148 valence electrons. The van der Waals surface area contributed by atoms with Crippen LogP contribution in [-0.2, 0) is 4.79 Å². The molecule has 1 N–H and O–H groups in total. The quantitative estimate of drug-likeness (QED) is 0.384. The molecule has 7 heteroatoms. The molecule has 0 unspecified atom stereocenters. The standard InChI is InChI=1S/C12H10O4.C10H8O3/c1-15-10-4-2-8(3-5-11(13)14)9-6-7-16-12(9)10;1-12-9-3-2-7(6-11)8-4-5-13-10(8)9/h2-7H,1H3,(H,13,14);2-6H,1H3/b5-3+;. The van der Waals surface area contributed by atoms with E-state index in [0.29, 0.717) is 28.2 Å². The fourth-order valence-electron chi connectivity index (χ4n) is 2.85. The summed E-state index contributed by atoms with van der Waals surface area (Å²) >= 11 is 0. The van der Waals surface area contributed by atoms with E-state index >= 15 is 0 Å². The lowest BCUT2D eigenvalue weighted by molar-refractivity contribution is -0.131. The van der Waals surface area contributed by atoms with E-state index in [1.165, 1.54) is 6.08 Å². The summed E-state index contributed by atoms with van der Waals surface area (Å²) in [5.74, 6) is 0.297. The van der Waals surface area contributed by atoms with Crippen LogP contribution in [0.2, 0.25) is 0 Å². The topological polar surface area (TPSA) is 99.1 Å². The Bertz CT molecular complexity index is 1180. The maximum atomic E-state index is 10.6. The van der Waals surface area contributed by atoms with E-state index in [0.717, 1.165) is 28.7 Å². The highest BCUT2D eigenvalue weighted by Crippen LogP contribution is 2.30. The average Bonchev–Trinajstić information content (AvgIpc) is 3.41. The SMILES string of the molecule is COc1ccc(/C=C/C(=O)O)c2ccoc12.COc1ccc(C=O)c2ccoc12. The molecule has 0 bridgehead atoms. The summed E-state index contributed by atoms with van der Waals surface area (Å²) in [5, 5.41) is 10.2. The van der Waals surface area contributed by atoms with Crippen LogP contribution in [0.5, 0.6) is 11.5 Å². The summed E-state index contributed by atoms with van der Waals surface area (Å²) in [4.78, 5) is 21.1. The van der Waals surface area contributed by atoms with Crippen LogP contribution in [0.25, 0.3) is 28.0 Å². The number of rotatable bonds is 5. The number of methoxy groups -OCH3 is 2. The van der Waals surface area contributed by atoms with Crippen LogP contribution in [-0.4, -0.2) is 31.6 Å². The molecule has 0 saturated carbocycles. The van der Waals surface area contributed by atoms with Gasteiger partial charge in [0, 0.05) is 22.4 Å². The zero-order chi connectivity index (χ0) is 20.8. The summed E-state index contributed by atoms with van der Waals surface area (Å²) in [6, 6.07) is 10.5. The van der Waals surface area contributed by atoms with Crippen molar-refractivity contribution in [1.82, 2.24) is 0 Å². The fraction of sp³-hybridized carbons (Fsp3) is 0.0909. The second-order valence-corrected chi connectivity index (χ2v) is 5.83. The maximum absolute atomic E-state index is 10.6. The van der Waals surface area contributed by atoms with Gasteiger partial charge in [0.05, 0.1) is 26.7 Å². The molecule has 2 aromatic carbocycles. The number of furan rings is 2. The lowest BCUT2D eigenvalue weighted by Crippen LogP contribution is -1.87. The van der Waals surface area contributed by atoms with E-state index in [9.17, 15) is 9.59 Å². The first-order valence-electron chi connectivity index (χ1n) is 8.53. The monoisotopic (exact) mass is 394 g/mol. The third-order valence-corrected chi connectivity index (χ3v) is 4.20. The highest BCUT2D eigenvalue weighted by atomic mass is 16.5. The van der Waals surface area contributed by atoms with Crippen molar-refractivity contribution in [2.45, 2.75) is 0 Å². The Labute approximate surface area is 165 Å². The first kappa shape index (κ1) is 19.8. The van der Waals surface area contributed by atoms with E-state index in [1.807, 2.05) is 0 Å². The number of fused-ring (bicyclic) bond motifs is 2. The van der Waals surface area contributed by atoms with Gasteiger partial charge in [-0.2, -0.15) is 0 Å². The van der Waals surface area contributed by atoms with Crippen LogP contribution in [0.1, 0.15) is 15.9 Å². The van der Waals surface area contributed by atoms with Gasteiger partial charge >= 0.3 is 5.97 Å². The van der Waals surface area contributed by atoms with Crippen LogP contribution < -0.4 is 9.47 Å². The van der Waals surface area contributed by atoms with Crippen molar-refractivity contribution in [2.24, 2.45) is 0 Å². The third kappa shape index (κ3) is 4.14. The summed E-state index contributed by atoms with van der Waals surface area (Å²) in [6.07, 6.45) is 6.51. The Hall–Kier alpha value is -4.00. The molecule has 0 aliphatic heterocycles. The van der Waals surface area contributed by atoms with E-state index < -0.39 is 5.97 Å². The fourth-order valence-corrected chi connectivity index (χ4v) is 2.85. The number of aliphatic carboxylic acids is 1. The van der Waals surface area contributed by atoms with Gasteiger partial charge in [-0.3, -0.25) is 4.79 Å². The molecule has 0 aliphatic rings. The molecule has 0 aliphatic carbocycles. The van der Waals surface area contributed by atoms with E-state index in [-0.39, 0.29) is 0 Å². The van der Waals surface area contributed by atoms with Gasteiger partial charge in [0.15, 0.2) is 29.0 Å². The molecule has 2 aromatic heterocycles. The van der Waals surface area contributed by atoms with Crippen molar-refractivity contribution >= 4 is 40.3 Å². The average molecular weight is 394 g/mol. The zero-order valence-electron chi connectivity index (χ0n) is 15.7. The molecule has 0 spiro atoms. The Morgan fingerprint density at radius 1 is 0.862 bits per heavy atom. The molecular weight excluding hydrogens is 376 g/mol. The number of ether oxygens (including phenoxy) is 2.